The fourth-order valence-electron chi connectivity index (χ4n) is 4.30. The summed E-state index contributed by atoms with van der Waals surface area (Å²) in [5.41, 5.74) is 12.0. The van der Waals surface area contributed by atoms with E-state index in [4.69, 9.17) is 35.2 Å². The summed E-state index contributed by atoms with van der Waals surface area (Å²) in [6.07, 6.45) is -15.9. The lowest BCUT2D eigenvalue weighted by Crippen LogP contribution is -2.68. The van der Waals surface area contributed by atoms with Crippen LogP contribution >= 0.6 is 0 Å². The van der Waals surface area contributed by atoms with Gasteiger partial charge in [0.2, 0.25) is 0 Å². The Morgan fingerprint density at radius 2 is 1.06 bits per heavy atom. The van der Waals surface area contributed by atoms with Crippen LogP contribution < -0.4 is 11.5 Å². The predicted octanol–water partition coefficient (Wildman–Crippen LogP) is -6.36. The van der Waals surface area contributed by atoms with E-state index >= 15 is 0 Å². The van der Waals surface area contributed by atoms with E-state index in [2.05, 4.69) is 0 Å². The van der Waals surface area contributed by atoms with Gasteiger partial charge in [0.1, 0.15) is 48.8 Å². The second-order valence-electron chi connectivity index (χ2n) is 8.88. The lowest BCUT2D eigenvalue weighted by atomic mass is 9.91. The first-order chi connectivity index (χ1) is 16.0. The van der Waals surface area contributed by atoms with Crippen LogP contribution in [0.2, 0.25) is 0 Å². The molecule has 15 atom stereocenters. The Bertz CT molecular complexity index is 643. The van der Waals surface area contributed by atoms with E-state index in [1.54, 1.807) is 0 Å². The van der Waals surface area contributed by atoms with Gasteiger partial charge in [0.25, 0.3) is 0 Å². The first kappa shape index (κ1) is 28.0. The number of hydrogen-bond acceptors (Lipinski definition) is 15. The highest BCUT2D eigenvalue weighted by Gasteiger charge is 2.52. The fourth-order valence-corrected chi connectivity index (χ4v) is 4.30. The van der Waals surface area contributed by atoms with Gasteiger partial charge in [-0.25, -0.2) is 0 Å². The molecular formula is C19H36N2O13. The zero-order valence-corrected chi connectivity index (χ0v) is 18.6. The maximum atomic E-state index is 10.8. The van der Waals surface area contributed by atoms with Gasteiger partial charge in [-0.1, -0.05) is 6.92 Å². The number of hydrogen-bond donors (Lipinski definition) is 10. The number of ether oxygens (including phenoxy) is 5. The van der Waals surface area contributed by atoms with Crippen LogP contribution in [0.15, 0.2) is 0 Å². The Kier molecular flexibility index (Phi) is 9.57. The monoisotopic (exact) mass is 500 g/mol. The van der Waals surface area contributed by atoms with E-state index in [0.717, 1.165) is 0 Å². The van der Waals surface area contributed by atoms with Crippen molar-refractivity contribution in [3.05, 3.63) is 0 Å². The molecule has 3 fully saturated rings. The maximum absolute atomic E-state index is 10.8. The molecule has 3 rings (SSSR count). The molecule has 15 unspecified atom stereocenters. The predicted molar refractivity (Wildman–Crippen MR) is 108 cm³/mol. The van der Waals surface area contributed by atoms with Gasteiger partial charge in [-0.05, 0) is 0 Å². The highest BCUT2D eigenvalue weighted by atomic mass is 16.7. The standard InChI is InChI=1S/C19H36N2O13/c1-5-11(25)15(7(3-23)30-17(5)29)33-19-10(21)14(28)16(8(4-24)32-19)34-18-9(20)13(27)12(26)6(2-22)31-18/h5-19,22-29H,2-4,20-21H2,1H3. The molecule has 3 heterocycles. The smallest absolute Gasteiger partial charge is 0.176 e. The van der Waals surface area contributed by atoms with Crippen molar-refractivity contribution in [3.8, 4) is 0 Å². The van der Waals surface area contributed by atoms with Gasteiger partial charge in [0.05, 0.1) is 38.0 Å². The molecule has 0 aromatic heterocycles. The summed E-state index contributed by atoms with van der Waals surface area (Å²) < 4.78 is 27.7. The third-order valence-electron chi connectivity index (χ3n) is 6.60. The van der Waals surface area contributed by atoms with Crippen molar-refractivity contribution in [2.75, 3.05) is 19.8 Å². The SMILES string of the molecule is CC1C(O)OC(CO)C(OC2OC(CO)C(OC3OC(CO)C(O)C(O)C3N)C(O)C2N)C1O. The first-order valence-corrected chi connectivity index (χ1v) is 11.1. The minimum absolute atomic E-state index is 0.595. The maximum Gasteiger partial charge on any atom is 0.176 e. The van der Waals surface area contributed by atoms with Crippen LogP contribution in [0.1, 0.15) is 6.92 Å². The Balaban J connectivity index is 1.72. The normalized spacial score (nSPS) is 52.5. The van der Waals surface area contributed by atoms with E-state index < -0.39 is 112 Å². The van der Waals surface area contributed by atoms with Crippen LogP contribution in [0, 0.1) is 5.92 Å². The summed E-state index contributed by atoms with van der Waals surface area (Å²) in [5, 5.41) is 80.0. The zero-order chi connectivity index (χ0) is 25.3. The molecule has 0 radical (unpaired) electrons. The first-order valence-electron chi connectivity index (χ1n) is 11.1. The van der Waals surface area contributed by atoms with Gasteiger partial charge in [-0.2, -0.15) is 0 Å². The van der Waals surface area contributed by atoms with Crippen molar-refractivity contribution >= 4 is 0 Å². The summed E-state index contributed by atoms with van der Waals surface area (Å²) in [6, 6.07) is -2.55. The van der Waals surface area contributed by atoms with Crippen LogP contribution in [-0.4, -0.2) is 147 Å². The summed E-state index contributed by atoms with van der Waals surface area (Å²) >= 11 is 0. The number of aliphatic hydroxyl groups is 8. The quantitative estimate of drug-likeness (QED) is 0.156. The van der Waals surface area contributed by atoms with Crippen LogP contribution in [0.4, 0.5) is 0 Å². The molecule has 0 aromatic carbocycles. The molecular weight excluding hydrogens is 464 g/mol. The largest absolute Gasteiger partial charge is 0.394 e. The molecule has 3 saturated heterocycles. The molecule has 200 valence electrons. The summed E-state index contributed by atoms with van der Waals surface area (Å²) in [5.74, 6) is -0.770. The summed E-state index contributed by atoms with van der Waals surface area (Å²) in [4.78, 5) is 0. The highest BCUT2D eigenvalue weighted by molar-refractivity contribution is 4.97. The third kappa shape index (κ3) is 5.39. The minimum atomic E-state index is -1.53. The molecule has 0 amide bonds. The van der Waals surface area contributed by atoms with Crippen molar-refractivity contribution in [1.29, 1.82) is 0 Å². The lowest BCUT2D eigenvalue weighted by Gasteiger charge is -2.48. The average molecular weight is 500 g/mol. The molecule has 34 heavy (non-hydrogen) atoms. The van der Waals surface area contributed by atoms with Crippen LogP contribution in [0.3, 0.4) is 0 Å². The zero-order valence-electron chi connectivity index (χ0n) is 18.6. The van der Waals surface area contributed by atoms with Gasteiger partial charge in [-0.3, -0.25) is 0 Å². The van der Waals surface area contributed by atoms with E-state index in [-0.39, 0.29) is 0 Å². The van der Waals surface area contributed by atoms with Crippen molar-refractivity contribution in [3.63, 3.8) is 0 Å². The second-order valence-corrected chi connectivity index (χ2v) is 8.88. The lowest BCUT2D eigenvalue weighted by molar-refractivity contribution is -0.351. The van der Waals surface area contributed by atoms with Crippen molar-refractivity contribution < 1.29 is 64.5 Å². The number of aliphatic hydroxyl groups excluding tert-OH is 8. The molecule has 0 saturated carbocycles. The molecule has 0 bridgehead atoms. The Labute approximate surface area is 195 Å². The fraction of sp³-hybridized carbons (Fsp3) is 1.00. The number of nitrogens with two attached hydrogens (primary N) is 2. The highest BCUT2D eigenvalue weighted by Crippen LogP contribution is 2.32. The minimum Gasteiger partial charge on any atom is -0.394 e. The number of rotatable bonds is 7. The van der Waals surface area contributed by atoms with Crippen LogP contribution in [-0.2, 0) is 23.7 Å². The Morgan fingerprint density at radius 1 is 0.618 bits per heavy atom. The molecule has 15 nitrogen and oxygen atoms in total. The van der Waals surface area contributed by atoms with Gasteiger partial charge < -0.3 is 76.0 Å². The molecule has 3 aliphatic rings. The van der Waals surface area contributed by atoms with E-state index in [9.17, 15) is 40.9 Å². The molecule has 15 heteroatoms. The van der Waals surface area contributed by atoms with Gasteiger partial charge in [-0.15, -0.1) is 0 Å². The van der Waals surface area contributed by atoms with E-state index in [1.807, 2.05) is 0 Å². The van der Waals surface area contributed by atoms with Crippen molar-refractivity contribution in [2.45, 2.75) is 92.8 Å². The van der Waals surface area contributed by atoms with E-state index in [1.165, 1.54) is 6.92 Å². The molecule has 12 N–H and O–H groups in total. The third-order valence-corrected chi connectivity index (χ3v) is 6.60. The Hall–Kier alpha value is -0.600. The van der Waals surface area contributed by atoms with Crippen LogP contribution in [0.5, 0.6) is 0 Å². The summed E-state index contributed by atoms with van der Waals surface area (Å²) in [6.45, 7) is -0.400. The topological polar surface area (TPSA) is 260 Å². The van der Waals surface area contributed by atoms with Gasteiger partial charge in [0.15, 0.2) is 18.9 Å². The van der Waals surface area contributed by atoms with Crippen LogP contribution in [0.25, 0.3) is 0 Å². The van der Waals surface area contributed by atoms with Crippen molar-refractivity contribution in [2.24, 2.45) is 17.4 Å². The van der Waals surface area contributed by atoms with Gasteiger partial charge >= 0.3 is 0 Å². The van der Waals surface area contributed by atoms with E-state index in [0.29, 0.717) is 0 Å². The molecule has 3 aliphatic heterocycles. The van der Waals surface area contributed by atoms with Crippen molar-refractivity contribution in [1.82, 2.24) is 0 Å². The second kappa shape index (κ2) is 11.6. The molecule has 0 aromatic rings. The molecule has 0 spiro atoms. The summed E-state index contributed by atoms with van der Waals surface area (Å²) in [7, 11) is 0. The average Bonchev–Trinajstić information content (AvgIpc) is 2.83. The Morgan fingerprint density at radius 3 is 1.59 bits per heavy atom. The molecule has 0 aliphatic carbocycles. The van der Waals surface area contributed by atoms with Gasteiger partial charge in [0, 0.05) is 5.92 Å².